The minimum absolute atomic E-state index is 0.104. The van der Waals surface area contributed by atoms with Gasteiger partial charge in [-0.15, -0.1) is 0 Å². The first-order valence-corrected chi connectivity index (χ1v) is 7.90. The van der Waals surface area contributed by atoms with E-state index in [0.717, 1.165) is 12.8 Å². The van der Waals surface area contributed by atoms with Crippen molar-refractivity contribution in [1.82, 2.24) is 5.32 Å². The molecule has 132 valence electrons. The van der Waals surface area contributed by atoms with Crippen molar-refractivity contribution < 1.29 is 23.8 Å². The summed E-state index contributed by atoms with van der Waals surface area (Å²) in [7, 11) is 3.06. The number of hydrogen-bond donors (Lipinski definition) is 1. The molecule has 0 bridgehead atoms. The Bertz CT molecular complexity index is 579. The van der Waals surface area contributed by atoms with E-state index < -0.39 is 5.97 Å². The van der Waals surface area contributed by atoms with Crippen molar-refractivity contribution in [3.63, 3.8) is 0 Å². The van der Waals surface area contributed by atoms with Gasteiger partial charge in [0.15, 0.2) is 18.1 Å². The zero-order valence-corrected chi connectivity index (χ0v) is 14.6. The van der Waals surface area contributed by atoms with Crippen LogP contribution in [0.15, 0.2) is 24.3 Å². The van der Waals surface area contributed by atoms with E-state index in [0.29, 0.717) is 17.1 Å². The number of amides is 1. The second kappa shape index (κ2) is 10.3. The number of hydrogen-bond acceptors (Lipinski definition) is 5. The number of rotatable bonds is 9. The minimum atomic E-state index is -0.598. The van der Waals surface area contributed by atoms with Crippen LogP contribution >= 0.6 is 0 Å². The van der Waals surface area contributed by atoms with Gasteiger partial charge in [0.25, 0.3) is 5.91 Å². The van der Waals surface area contributed by atoms with Crippen LogP contribution < -0.4 is 14.8 Å². The average molecular weight is 335 g/mol. The molecule has 1 aromatic rings. The summed E-state index contributed by atoms with van der Waals surface area (Å²) in [6.07, 6.45) is 4.49. The molecule has 1 aromatic carbocycles. The van der Waals surface area contributed by atoms with Gasteiger partial charge in [-0.3, -0.25) is 4.79 Å². The molecular formula is C18H25NO5. The standard InChI is InChI=1S/C18H25NO5/c1-5-14(6-2)19-16(20)12-24-17(21)11-10-13-8-7-9-15(22-3)18(13)23-4/h7-11,14H,5-6,12H2,1-4H3,(H,19,20)/b11-10+. The van der Waals surface area contributed by atoms with Gasteiger partial charge in [0.1, 0.15) is 0 Å². The third-order valence-electron chi connectivity index (χ3n) is 3.53. The fourth-order valence-corrected chi connectivity index (χ4v) is 2.15. The van der Waals surface area contributed by atoms with Crippen LogP contribution in [0.2, 0.25) is 0 Å². The van der Waals surface area contributed by atoms with E-state index in [1.807, 2.05) is 13.8 Å². The smallest absolute Gasteiger partial charge is 0.331 e. The van der Waals surface area contributed by atoms with Crippen LogP contribution in [-0.4, -0.2) is 38.7 Å². The van der Waals surface area contributed by atoms with Crippen LogP contribution in [-0.2, 0) is 14.3 Å². The Kier molecular flexibility index (Phi) is 8.39. The molecule has 0 spiro atoms. The molecule has 0 atom stereocenters. The second-order valence-corrected chi connectivity index (χ2v) is 5.10. The van der Waals surface area contributed by atoms with Gasteiger partial charge in [-0.2, -0.15) is 0 Å². The SMILES string of the molecule is CCC(CC)NC(=O)COC(=O)/C=C/c1cccc(OC)c1OC. The average Bonchev–Trinajstić information content (AvgIpc) is 2.61. The molecule has 0 aliphatic heterocycles. The largest absolute Gasteiger partial charge is 0.493 e. The van der Waals surface area contributed by atoms with E-state index in [4.69, 9.17) is 14.2 Å². The highest BCUT2D eigenvalue weighted by atomic mass is 16.5. The maximum Gasteiger partial charge on any atom is 0.331 e. The Morgan fingerprint density at radius 2 is 1.88 bits per heavy atom. The monoisotopic (exact) mass is 335 g/mol. The summed E-state index contributed by atoms with van der Waals surface area (Å²) in [5.74, 6) is 0.192. The normalized spacial score (nSPS) is 10.7. The molecular weight excluding hydrogens is 310 g/mol. The Labute approximate surface area is 142 Å². The maximum atomic E-state index is 11.7. The molecule has 0 aromatic heterocycles. The van der Waals surface area contributed by atoms with Crippen LogP contribution in [0.25, 0.3) is 6.08 Å². The number of methoxy groups -OCH3 is 2. The fourth-order valence-electron chi connectivity index (χ4n) is 2.15. The first kappa shape index (κ1) is 19.5. The quantitative estimate of drug-likeness (QED) is 0.554. The zero-order chi connectivity index (χ0) is 17.9. The molecule has 0 saturated heterocycles. The molecule has 1 amide bonds. The third-order valence-corrected chi connectivity index (χ3v) is 3.53. The van der Waals surface area contributed by atoms with Crippen molar-refractivity contribution in [2.45, 2.75) is 32.7 Å². The van der Waals surface area contributed by atoms with Crippen molar-refractivity contribution in [2.75, 3.05) is 20.8 Å². The fraction of sp³-hybridized carbons (Fsp3) is 0.444. The summed E-state index contributed by atoms with van der Waals surface area (Å²) in [5, 5.41) is 2.80. The predicted molar refractivity (Wildman–Crippen MR) is 92.1 cm³/mol. The summed E-state index contributed by atoms with van der Waals surface area (Å²) in [6, 6.07) is 5.43. The Balaban J connectivity index is 2.59. The highest BCUT2D eigenvalue weighted by molar-refractivity contribution is 5.89. The number of nitrogens with one attached hydrogen (secondary N) is 1. The molecule has 6 nitrogen and oxygen atoms in total. The van der Waals surface area contributed by atoms with Crippen molar-refractivity contribution in [3.8, 4) is 11.5 Å². The number of ether oxygens (including phenoxy) is 3. The van der Waals surface area contributed by atoms with Gasteiger partial charge in [0.2, 0.25) is 0 Å². The predicted octanol–water partition coefficient (Wildman–Crippen LogP) is 2.57. The van der Waals surface area contributed by atoms with E-state index in [1.165, 1.54) is 20.3 Å². The third kappa shape index (κ3) is 5.95. The van der Waals surface area contributed by atoms with E-state index in [-0.39, 0.29) is 18.6 Å². The lowest BCUT2D eigenvalue weighted by molar-refractivity contribution is -0.144. The summed E-state index contributed by atoms with van der Waals surface area (Å²) in [6.45, 7) is 3.68. The number of carbonyl (C=O) groups is 2. The lowest BCUT2D eigenvalue weighted by Crippen LogP contribution is -2.36. The minimum Gasteiger partial charge on any atom is -0.493 e. The number of carbonyl (C=O) groups excluding carboxylic acids is 2. The van der Waals surface area contributed by atoms with E-state index >= 15 is 0 Å². The maximum absolute atomic E-state index is 11.7. The lowest BCUT2D eigenvalue weighted by Gasteiger charge is -2.14. The topological polar surface area (TPSA) is 73.9 Å². The molecule has 6 heteroatoms. The van der Waals surface area contributed by atoms with Crippen LogP contribution in [0.1, 0.15) is 32.3 Å². The van der Waals surface area contributed by atoms with E-state index in [9.17, 15) is 9.59 Å². The summed E-state index contributed by atoms with van der Waals surface area (Å²) in [5.41, 5.74) is 0.676. The van der Waals surface area contributed by atoms with Gasteiger partial charge in [0.05, 0.1) is 14.2 Å². The van der Waals surface area contributed by atoms with Crippen LogP contribution in [0.3, 0.4) is 0 Å². The molecule has 0 fully saturated rings. The van der Waals surface area contributed by atoms with Gasteiger partial charge in [-0.1, -0.05) is 26.0 Å². The lowest BCUT2D eigenvalue weighted by atomic mass is 10.1. The van der Waals surface area contributed by atoms with E-state index in [1.54, 1.807) is 24.3 Å². The van der Waals surface area contributed by atoms with Crippen molar-refractivity contribution >= 4 is 18.0 Å². The Morgan fingerprint density at radius 3 is 2.46 bits per heavy atom. The molecule has 0 radical (unpaired) electrons. The molecule has 0 unspecified atom stereocenters. The summed E-state index contributed by atoms with van der Waals surface area (Å²) in [4.78, 5) is 23.4. The molecule has 0 aliphatic carbocycles. The van der Waals surface area contributed by atoms with Gasteiger partial charge < -0.3 is 19.5 Å². The van der Waals surface area contributed by atoms with Crippen LogP contribution in [0.5, 0.6) is 11.5 Å². The number of para-hydroxylation sites is 1. The molecule has 0 aliphatic rings. The van der Waals surface area contributed by atoms with Gasteiger partial charge in [-0.25, -0.2) is 4.79 Å². The molecule has 0 heterocycles. The second-order valence-electron chi connectivity index (χ2n) is 5.10. The first-order valence-electron chi connectivity index (χ1n) is 7.90. The van der Waals surface area contributed by atoms with Crippen molar-refractivity contribution in [1.29, 1.82) is 0 Å². The van der Waals surface area contributed by atoms with E-state index in [2.05, 4.69) is 5.32 Å². The Morgan fingerprint density at radius 1 is 1.17 bits per heavy atom. The van der Waals surface area contributed by atoms with Crippen LogP contribution in [0, 0.1) is 0 Å². The zero-order valence-electron chi connectivity index (χ0n) is 14.6. The van der Waals surface area contributed by atoms with Crippen molar-refractivity contribution in [2.24, 2.45) is 0 Å². The van der Waals surface area contributed by atoms with Crippen molar-refractivity contribution in [3.05, 3.63) is 29.8 Å². The van der Waals surface area contributed by atoms with Crippen LogP contribution in [0.4, 0.5) is 0 Å². The van der Waals surface area contributed by atoms with Gasteiger partial charge in [-0.05, 0) is 25.0 Å². The number of benzene rings is 1. The molecule has 0 saturated carbocycles. The molecule has 24 heavy (non-hydrogen) atoms. The molecule has 1 rings (SSSR count). The van der Waals surface area contributed by atoms with Gasteiger partial charge >= 0.3 is 5.97 Å². The number of esters is 1. The highest BCUT2D eigenvalue weighted by Crippen LogP contribution is 2.31. The summed E-state index contributed by atoms with van der Waals surface area (Å²) >= 11 is 0. The Hall–Kier alpha value is -2.50. The van der Waals surface area contributed by atoms with Gasteiger partial charge in [0, 0.05) is 17.7 Å². The summed E-state index contributed by atoms with van der Waals surface area (Å²) < 4.78 is 15.4. The first-order chi connectivity index (χ1) is 11.5. The highest BCUT2D eigenvalue weighted by Gasteiger charge is 2.11. The molecule has 1 N–H and O–H groups in total.